The van der Waals surface area contributed by atoms with Crippen molar-refractivity contribution in [2.75, 3.05) is 18.4 Å². The number of hydrogen-bond donors (Lipinski definition) is 1. The molecule has 7 heteroatoms. The molecule has 0 unspecified atom stereocenters. The van der Waals surface area contributed by atoms with Crippen LogP contribution in [0.15, 0.2) is 48.7 Å². The summed E-state index contributed by atoms with van der Waals surface area (Å²) in [5.74, 6) is -0.447. The number of amides is 3. The van der Waals surface area contributed by atoms with E-state index in [0.717, 1.165) is 18.5 Å². The Morgan fingerprint density at radius 2 is 1.96 bits per heavy atom. The number of pyridine rings is 1. The van der Waals surface area contributed by atoms with Crippen molar-refractivity contribution in [3.8, 4) is 0 Å². The fraction of sp³-hybridized carbons (Fsp3) is 0.350. The van der Waals surface area contributed by atoms with E-state index in [9.17, 15) is 14.0 Å². The lowest BCUT2D eigenvalue weighted by molar-refractivity contribution is -0.140. The highest BCUT2D eigenvalue weighted by Gasteiger charge is 2.41. The lowest BCUT2D eigenvalue weighted by atomic mass is 9.94. The van der Waals surface area contributed by atoms with Crippen LogP contribution in [-0.2, 0) is 11.3 Å². The zero-order valence-electron chi connectivity index (χ0n) is 14.8. The minimum absolute atomic E-state index is 0.0165. The van der Waals surface area contributed by atoms with E-state index in [4.69, 9.17) is 0 Å². The predicted octanol–water partition coefficient (Wildman–Crippen LogP) is 2.88. The Labute approximate surface area is 157 Å². The van der Waals surface area contributed by atoms with Crippen molar-refractivity contribution in [3.63, 3.8) is 0 Å². The highest BCUT2D eigenvalue weighted by molar-refractivity contribution is 5.90. The number of nitrogens with one attached hydrogen (secondary N) is 1. The summed E-state index contributed by atoms with van der Waals surface area (Å²) in [4.78, 5) is 33.4. The van der Waals surface area contributed by atoms with Gasteiger partial charge in [-0.05, 0) is 49.2 Å². The van der Waals surface area contributed by atoms with Gasteiger partial charge in [0, 0.05) is 31.0 Å². The monoisotopic (exact) mass is 368 g/mol. The van der Waals surface area contributed by atoms with Crippen molar-refractivity contribution in [2.45, 2.75) is 25.4 Å². The van der Waals surface area contributed by atoms with Crippen molar-refractivity contribution in [3.05, 3.63) is 60.2 Å². The summed E-state index contributed by atoms with van der Waals surface area (Å²) in [5, 5.41) is 2.79. The van der Waals surface area contributed by atoms with Gasteiger partial charge in [0.1, 0.15) is 5.82 Å². The molecule has 4 heterocycles. The molecule has 1 N–H and O–H groups in total. The maximum Gasteiger partial charge on any atom is 0.321 e. The summed E-state index contributed by atoms with van der Waals surface area (Å²) in [5.41, 5.74) is 1.38. The zero-order valence-corrected chi connectivity index (χ0v) is 14.8. The highest BCUT2D eigenvalue weighted by Crippen LogP contribution is 2.30. The first-order valence-corrected chi connectivity index (χ1v) is 9.12. The third kappa shape index (κ3) is 3.77. The minimum atomic E-state index is -0.350. The molecule has 3 aliphatic rings. The summed E-state index contributed by atoms with van der Waals surface area (Å²) >= 11 is 0. The minimum Gasteiger partial charge on any atom is -0.332 e. The third-order valence-electron chi connectivity index (χ3n) is 5.23. The Hall–Kier alpha value is -2.96. The van der Waals surface area contributed by atoms with Gasteiger partial charge in [-0.15, -0.1) is 0 Å². The lowest BCUT2D eigenvalue weighted by Crippen LogP contribution is -2.47. The smallest absolute Gasteiger partial charge is 0.321 e. The van der Waals surface area contributed by atoms with Crippen LogP contribution >= 0.6 is 0 Å². The number of urea groups is 1. The summed E-state index contributed by atoms with van der Waals surface area (Å²) in [6, 6.07) is 11.1. The van der Waals surface area contributed by atoms with Gasteiger partial charge in [0.25, 0.3) is 0 Å². The number of anilines is 1. The molecular weight excluding hydrogens is 347 g/mol. The number of carbonyl (C=O) groups is 2. The molecule has 3 fully saturated rings. The van der Waals surface area contributed by atoms with Crippen LogP contribution in [0.4, 0.5) is 14.9 Å². The van der Waals surface area contributed by atoms with Gasteiger partial charge in [-0.3, -0.25) is 9.78 Å². The number of rotatable bonds is 3. The SMILES string of the molecule is O=C(Nc1ccc(F)cc1)N1C[C@@H]2CC[C@H](C1)N(Cc1ccccn1)C2=O. The molecule has 0 spiro atoms. The number of benzene rings is 1. The van der Waals surface area contributed by atoms with E-state index in [2.05, 4.69) is 10.3 Å². The van der Waals surface area contributed by atoms with E-state index >= 15 is 0 Å². The Morgan fingerprint density at radius 3 is 2.70 bits per heavy atom. The number of fused-ring (bicyclic) bond motifs is 4. The maximum absolute atomic E-state index is 13.0. The fourth-order valence-electron chi connectivity index (χ4n) is 3.82. The molecule has 0 aliphatic carbocycles. The molecule has 140 valence electrons. The van der Waals surface area contributed by atoms with E-state index in [1.807, 2.05) is 23.1 Å². The van der Waals surface area contributed by atoms with Crippen LogP contribution in [0.3, 0.4) is 0 Å². The maximum atomic E-state index is 13.0. The lowest BCUT2D eigenvalue weighted by Gasteiger charge is -2.35. The quantitative estimate of drug-likeness (QED) is 0.906. The van der Waals surface area contributed by atoms with Crippen LogP contribution in [0.1, 0.15) is 18.5 Å². The average molecular weight is 368 g/mol. The summed E-state index contributed by atoms with van der Waals surface area (Å²) in [7, 11) is 0. The Kier molecular flexibility index (Phi) is 4.75. The zero-order chi connectivity index (χ0) is 18.8. The van der Waals surface area contributed by atoms with Gasteiger partial charge in [0.05, 0.1) is 18.2 Å². The molecule has 2 aromatic rings. The van der Waals surface area contributed by atoms with Crippen LogP contribution in [0.2, 0.25) is 0 Å². The van der Waals surface area contributed by atoms with Crippen molar-refractivity contribution in [1.29, 1.82) is 0 Å². The van der Waals surface area contributed by atoms with Crippen LogP contribution in [-0.4, -0.2) is 45.9 Å². The Morgan fingerprint density at radius 1 is 1.15 bits per heavy atom. The predicted molar refractivity (Wildman–Crippen MR) is 98.3 cm³/mol. The van der Waals surface area contributed by atoms with Gasteiger partial charge < -0.3 is 15.1 Å². The van der Waals surface area contributed by atoms with Gasteiger partial charge in [0.2, 0.25) is 5.91 Å². The van der Waals surface area contributed by atoms with Crippen LogP contribution < -0.4 is 5.32 Å². The molecule has 27 heavy (non-hydrogen) atoms. The number of piperidine rings is 1. The second-order valence-corrected chi connectivity index (χ2v) is 7.06. The van der Waals surface area contributed by atoms with Crippen LogP contribution in [0.5, 0.6) is 0 Å². The molecule has 5 rings (SSSR count). The second kappa shape index (κ2) is 7.34. The molecular formula is C20H21FN4O2. The van der Waals surface area contributed by atoms with Crippen molar-refractivity contribution >= 4 is 17.6 Å². The van der Waals surface area contributed by atoms with Gasteiger partial charge >= 0.3 is 6.03 Å². The Balaban J connectivity index is 1.47. The molecule has 1 aromatic carbocycles. The number of aromatic nitrogens is 1. The fourth-order valence-corrected chi connectivity index (χ4v) is 3.82. The number of hydrogen-bond acceptors (Lipinski definition) is 3. The molecule has 1 aromatic heterocycles. The first-order valence-electron chi connectivity index (χ1n) is 9.12. The van der Waals surface area contributed by atoms with E-state index in [1.165, 1.54) is 24.3 Å². The topological polar surface area (TPSA) is 65.5 Å². The Bertz CT molecular complexity index is 828. The molecule has 2 bridgehead atoms. The van der Waals surface area contributed by atoms with E-state index in [0.29, 0.717) is 25.3 Å². The average Bonchev–Trinajstić information content (AvgIpc) is 2.97. The standard InChI is InChI=1S/C20H21FN4O2/c21-15-5-7-16(8-6-15)23-20(27)24-11-14-4-9-18(13-24)25(19(14)26)12-17-3-1-2-10-22-17/h1-3,5-8,10,14,18H,4,9,11-13H2,(H,23,27)/t14-,18+/m0/s1. The summed E-state index contributed by atoms with van der Waals surface area (Å²) in [6.07, 6.45) is 3.39. The summed E-state index contributed by atoms with van der Waals surface area (Å²) < 4.78 is 13.0. The van der Waals surface area contributed by atoms with E-state index in [1.54, 1.807) is 11.1 Å². The first kappa shape index (κ1) is 17.5. The van der Waals surface area contributed by atoms with E-state index in [-0.39, 0.29) is 29.7 Å². The van der Waals surface area contributed by atoms with Gasteiger partial charge in [0.15, 0.2) is 0 Å². The number of carbonyl (C=O) groups excluding carboxylic acids is 2. The van der Waals surface area contributed by atoms with Crippen molar-refractivity contribution in [2.24, 2.45) is 5.92 Å². The molecule has 3 amide bonds. The second-order valence-electron chi connectivity index (χ2n) is 7.06. The van der Waals surface area contributed by atoms with Crippen LogP contribution in [0, 0.1) is 11.7 Å². The number of nitrogens with zero attached hydrogens (tertiary/aromatic N) is 3. The molecule has 3 saturated heterocycles. The molecule has 2 atom stereocenters. The van der Waals surface area contributed by atoms with Gasteiger partial charge in [-0.2, -0.15) is 0 Å². The highest BCUT2D eigenvalue weighted by atomic mass is 19.1. The largest absolute Gasteiger partial charge is 0.332 e. The summed E-state index contributed by atoms with van der Waals surface area (Å²) in [6.45, 7) is 1.36. The first-order chi connectivity index (χ1) is 13.1. The van der Waals surface area contributed by atoms with Crippen molar-refractivity contribution < 1.29 is 14.0 Å². The molecule has 6 nitrogen and oxygen atoms in total. The van der Waals surface area contributed by atoms with Crippen molar-refractivity contribution in [1.82, 2.24) is 14.8 Å². The number of halogens is 1. The van der Waals surface area contributed by atoms with Crippen LogP contribution in [0.25, 0.3) is 0 Å². The van der Waals surface area contributed by atoms with Gasteiger partial charge in [-0.1, -0.05) is 6.07 Å². The molecule has 0 saturated carbocycles. The third-order valence-corrected chi connectivity index (χ3v) is 5.23. The normalized spacial score (nSPS) is 21.9. The molecule has 3 aliphatic heterocycles. The van der Waals surface area contributed by atoms with Gasteiger partial charge in [-0.25, -0.2) is 9.18 Å². The van der Waals surface area contributed by atoms with E-state index < -0.39 is 0 Å². The molecule has 0 radical (unpaired) electrons.